The highest BCUT2D eigenvalue weighted by Crippen LogP contribution is 1.90. The topological polar surface area (TPSA) is 72.8 Å². The quantitative estimate of drug-likeness (QED) is 0.426. The molecule has 0 radical (unpaired) electrons. The number of hydrogen-bond donors (Lipinski definition) is 1. The first kappa shape index (κ1) is 18.7. The average molecular weight is 258 g/mol. The summed E-state index contributed by atoms with van der Waals surface area (Å²) in [5.74, 6) is -0.785. The number of carbonyl (C=O) groups is 2. The number of rotatable bonds is 7. The van der Waals surface area contributed by atoms with Crippen LogP contribution in [0.15, 0.2) is 24.8 Å². The third kappa shape index (κ3) is 14.4. The summed E-state index contributed by atoms with van der Waals surface area (Å²) in [6.45, 7) is 10.6. The Bertz CT molecular complexity index is 269. The minimum absolute atomic E-state index is 0.0473. The van der Waals surface area contributed by atoms with E-state index in [-0.39, 0.29) is 19.2 Å². The molecule has 5 heteroatoms. The Labute approximate surface area is 108 Å². The van der Waals surface area contributed by atoms with Gasteiger partial charge in [-0.3, -0.25) is 0 Å². The predicted octanol–water partition coefficient (Wildman–Crippen LogP) is 1.61. The van der Waals surface area contributed by atoms with Crippen LogP contribution in [0.5, 0.6) is 0 Å². The summed E-state index contributed by atoms with van der Waals surface area (Å²) < 4.78 is 9.14. The van der Waals surface area contributed by atoms with Crippen LogP contribution in [0.1, 0.15) is 26.7 Å². The highest BCUT2D eigenvalue weighted by Gasteiger charge is 1.99. The van der Waals surface area contributed by atoms with Gasteiger partial charge >= 0.3 is 11.9 Å². The molecule has 0 saturated heterocycles. The van der Waals surface area contributed by atoms with Gasteiger partial charge in [0.2, 0.25) is 0 Å². The molecule has 0 aromatic rings. The Balaban J connectivity index is 0. The van der Waals surface area contributed by atoms with Crippen molar-refractivity contribution in [3.63, 3.8) is 0 Å². The van der Waals surface area contributed by atoms with Gasteiger partial charge < -0.3 is 14.6 Å². The predicted molar refractivity (Wildman–Crippen MR) is 68.9 cm³/mol. The van der Waals surface area contributed by atoms with Crippen LogP contribution in [-0.2, 0) is 19.1 Å². The van der Waals surface area contributed by atoms with Gasteiger partial charge in [-0.15, -0.1) is 0 Å². The van der Waals surface area contributed by atoms with E-state index in [0.29, 0.717) is 12.2 Å². The molecule has 5 nitrogen and oxygen atoms in total. The number of ether oxygens (including phenoxy) is 2. The standard InChI is InChI=1S/C7H12O2.C6H10O3/c1-3-5-6-9-7(8)4-2;1-5(2)6(8)9-4-3-7/h4H,2-3,5-6H2,1H3;7H,1,3-4H2,2H3. The molecule has 0 spiro atoms. The van der Waals surface area contributed by atoms with Crippen molar-refractivity contribution >= 4 is 11.9 Å². The fourth-order valence-electron chi connectivity index (χ4n) is 0.638. The number of aliphatic hydroxyl groups excluding tert-OH is 1. The molecule has 0 heterocycles. The second kappa shape index (κ2) is 13.4. The molecule has 0 rings (SSSR count). The van der Waals surface area contributed by atoms with Gasteiger partial charge in [0.05, 0.1) is 13.2 Å². The van der Waals surface area contributed by atoms with E-state index in [4.69, 9.17) is 5.11 Å². The van der Waals surface area contributed by atoms with Crippen molar-refractivity contribution < 1.29 is 24.2 Å². The molecule has 18 heavy (non-hydrogen) atoms. The minimum atomic E-state index is -0.455. The van der Waals surface area contributed by atoms with Crippen LogP contribution in [0.3, 0.4) is 0 Å². The summed E-state index contributed by atoms with van der Waals surface area (Å²) in [6, 6.07) is 0. The van der Waals surface area contributed by atoms with E-state index >= 15 is 0 Å². The summed E-state index contributed by atoms with van der Waals surface area (Å²) in [7, 11) is 0. The van der Waals surface area contributed by atoms with Crippen LogP contribution in [-0.4, -0.2) is 36.9 Å². The second-order valence-corrected chi connectivity index (χ2v) is 3.37. The Kier molecular flexibility index (Phi) is 14.0. The van der Waals surface area contributed by atoms with Gasteiger partial charge in [-0.1, -0.05) is 26.5 Å². The zero-order valence-electron chi connectivity index (χ0n) is 11.1. The Morgan fingerprint density at radius 3 is 2.28 bits per heavy atom. The first-order valence-corrected chi connectivity index (χ1v) is 5.72. The maximum atomic E-state index is 10.5. The summed E-state index contributed by atoms with van der Waals surface area (Å²) in [5, 5.41) is 8.19. The van der Waals surface area contributed by atoms with Crippen LogP contribution in [0.25, 0.3) is 0 Å². The van der Waals surface area contributed by atoms with Gasteiger partial charge in [-0.2, -0.15) is 0 Å². The lowest BCUT2D eigenvalue weighted by atomic mass is 10.4. The summed E-state index contributed by atoms with van der Waals surface area (Å²) >= 11 is 0. The van der Waals surface area contributed by atoms with E-state index in [1.165, 1.54) is 6.08 Å². The van der Waals surface area contributed by atoms with Crippen LogP contribution in [0.2, 0.25) is 0 Å². The van der Waals surface area contributed by atoms with E-state index in [1.807, 2.05) is 6.92 Å². The first-order valence-electron chi connectivity index (χ1n) is 5.72. The molecule has 104 valence electrons. The van der Waals surface area contributed by atoms with Crippen molar-refractivity contribution in [3.05, 3.63) is 24.8 Å². The molecule has 0 atom stereocenters. The van der Waals surface area contributed by atoms with Gasteiger partial charge in [-0.25, -0.2) is 9.59 Å². The third-order valence-corrected chi connectivity index (χ3v) is 1.58. The van der Waals surface area contributed by atoms with Gasteiger partial charge in [0, 0.05) is 11.6 Å². The molecule has 1 N–H and O–H groups in total. The van der Waals surface area contributed by atoms with Crippen molar-refractivity contribution in [3.8, 4) is 0 Å². The smallest absolute Gasteiger partial charge is 0.333 e. The largest absolute Gasteiger partial charge is 0.463 e. The summed E-state index contributed by atoms with van der Waals surface area (Å²) in [4.78, 5) is 20.8. The molecular weight excluding hydrogens is 236 g/mol. The van der Waals surface area contributed by atoms with Crippen molar-refractivity contribution in [1.82, 2.24) is 0 Å². The van der Waals surface area contributed by atoms with Crippen LogP contribution < -0.4 is 0 Å². The monoisotopic (exact) mass is 258 g/mol. The molecule has 0 amide bonds. The maximum Gasteiger partial charge on any atom is 0.333 e. The zero-order chi connectivity index (χ0) is 14.4. The fourth-order valence-corrected chi connectivity index (χ4v) is 0.638. The van der Waals surface area contributed by atoms with Gasteiger partial charge in [-0.05, 0) is 13.3 Å². The van der Waals surface area contributed by atoms with Gasteiger partial charge in [0.1, 0.15) is 6.61 Å². The van der Waals surface area contributed by atoms with E-state index in [1.54, 1.807) is 6.92 Å². The molecule has 0 aliphatic rings. The van der Waals surface area contributed by atoms with Crippen LogP contribution in [0.4, 0.5) is 0 Å². The average Bonchev–Trinajstić information content (AvgIpc) is 2.36. The molecule has 0 aromatic heterocycles. The number of aliphatic hydroxyl groups is 1. The first-order chi connectivity index (χ1) is 8.49. The number of unbranched alkanes of at least 4 members (excludes halogenated alkanes) is 1. The normalized spacial score (nSPS) is 8.61. The number of hydrogen-bond acceptors (Lipinski definition) is 5. The highest BCUT2D eigenvalue weighted by atomic mass is 16.5. The third-order valence-electron chi connectivity index (χ3n) is 1.58. The van der Waals surface area contributed by atoms with Crippen LogP contribution in [0, 0.1) is 0 Å². The SMILES string of the molecule is C=C(C)C(=O)OCCO.C=CC(=O)OCCCC. The van der Waals surface area contributed by atoms with Crippen LogP contribution >= 0.6 is 0 Å². The molecular formula is C13H22O5. The second-order valence-electron chi connectivity index (χ2n) is 3.37. The minimum Gasteiger partial charge on any atom is -0.463 e. The van der Waals surface area contributed by atoms with Gasteiger partial charge in [0.25, 0.3) is 0 Å². The summed E-state index contributed by atoms with van der Waals surface area (Å²) in [5.41, 5.74) is 0.350. The molecule has 0 unspecified atom stereocenters. The number of carbonyl (C=O) groups excluding carboxylic acids is 2. The van der Waals surface area contributed by atoms with E-state index in [0.717, 1.165) is 12.8 Å². The van der Waals surface area contributed by atoms with Crippen molar-refractivity contribution in [2.75, 3.05) is 19.8 Å². The molecule has 0 aromatic carbocycles. The van der Waals surface area contributed by atoms with E-state index < -0.39 is 5.97 Å². The molecule has 0 aliphatic heterocycles. The molecule has 0 saturated carbocycles. The van der Waals surface area contributed by atoms with Gasteiger partial charge in [0.15, 0.2) is 0 Å². The Morgan fingerprint density at radius 1 is 1.28 bits per heavy atom. The lowest BCUT2D eigenvalue weighted by molar-refractivity contribution is -0.140. The lowest BCUT2D eigenvalue weighted by Crippen LogP contribution is -2.08. The number of esters is 2. The molecule has 0 fully saturated rings. The molecule has 0 bridgehead atoms. The van der Waals surface area contributed by atoms with Crippen molar-refractivity contribution in [2.24, 2.45) is 0 Å². The fraction of sp³-hybridized carbons (Fsp3) is 0.538. The lowest BCUT2D eigenvalue weighted by Gasteiger charge is -1.99. The maximum absolute atomic E-state index is 10.5. The zero-order valence-corrected chi connectivity index (χ0v) is 11.1. The molecule has 0 aliphatic carbocycles. The Hall–Kier alpha value is -1.62. The Morgan fingerprint density at radius 2 is 1.89 bits per heavy atom. The summed E-state index contributed by atoms with van der Waals surface area (Å²) in [6.07, 6.45) is 3.15. The van der Waals surface area contributed by atoms with E-state index in [2.05, 4.69) is 22.6 Å². The highest BCUT2D eigenvalue weighted by molar-refractivity contribution is 5.86. The van der Waals surface area contributed by atoms with Crippen molar-refractivity contribution in [1.29, 1.82) is 0 Å². The van der Waals surface area contributed by atoms with Crippen molar-refractivity contribution in [2.45, 2.75) is 26.7 Å². The van der Waals surface area contributed by atoms with E-state index in [9.17, 15) is 9.59 Å².